The lowest BCUT2D eigenvalue weighted by atomic mass is 10.0. The van der Waals surface area contributed by atoms with Crippen molar-refractivity contribution >= 4 is 23.2 Å². The molecule has 0 unspecified atom stereocenters. The minimum Gasteiger partial charge on any atom is -0.361 e. The van der Waals surface area contributed by atoms with Crippen LogP contribution in [-0.4, -0.2) is 31.4 Å². The Balaban J connectivity index is 1.55. The lowest BCUT2D eigenvalue weighted by Gasteiger charge is -2.31. The van der Waals surface area contributed by atoms with Crippen molar-refractivity contribution in [1.29, 1.82) is 0 Å². The fourth-order valence-corrected chi connectivity index (χ4v) is 3.39. The maximum Gasteiger partial charge on any atom is 0.255 e. The van der Waals surface area contributed by atoms with Crippen LogP contribution in [0.3, 0.4) is 0 Å². The van der Waals surface area contributed by atoms with Crippen LogP contribution in [0, 0.1) is 6.92 Å². The molecule has 6 heteroatoms. The molecule has 0 aromatic heterocycles. The minimum absolute atomic E-state index is 0.0449. The standard InChI is InChI=1S/C19H20N4O2/c1-12-3-2-4-15-17(12)19(25)22-18(21-15)13-5-7-14(8-6-13)23-10-9-20-16(24)11-23/h2-8,18,21H,9-11H2,1H3,(H,20,24)(H,22,25)/t18-/m1/s1. The minimum atomic E-state index is -0.263. The number of nitrogens with one attached hydrogen (secondary N) is 3. The molecule has 0 bridgehead atoms. The van der Waals surface area contributed by atoms with Crippen molar-refractivity contribution in [2.24, 2.45) is 0 Å². The SMILES string of the molecule is Cc1cccc2c1C(=O)N[C@H](c1ccc(N3CCNC(=O)C3)cc1)N2. The summed E-state index contributed by atoms with van der Waals surface area (Å²) >= 11 is 0. The monoisotopic (exact) mass is 336 g/mol. The molecule has 2 aliphatic heterocycles. The first-order chi connectivity index (χ1) is 12.1. The Morgan fingerprint density at radius 1 is 1.04 bits per heavy atom. The third kappa shape index (κ3) is 2.91. The lowest BCUT2D eigenvalue weighted by Crippen LogP contribution is -2.47. The van der Waals surface area contributed by atoms with Gasteiger partial charge in [0, 0.05) is 24.5 Å². The largest absolute Gasteiger partial charge is 0.361 e. The predicted octanol–water partition coefficient (Wildman–Crippen LogP) is 1.79. The van der Waals surface area contributed by atoms with Gasteiger partial charge in [-0.05, 0) is 36.2 Å². The van der Waals surface area contributed by atoms with Gasteiger partial charge in [-0.2, -0.15) is 0 Å². The Hall–Kier alpha value is -3.02. The number of carbonyl (C=O) groups excluding carboxylic acids is 2. The average Bonchev–Trinajstić information content (AvgIpc) is 2.61. The van der Waals surface area contributed by atoms with Gasteiger partial charge >= 0.3 is 0 Å². The van der Waals surface area contributed by atoms with Gasteiger partial charge in [-0.15, -0.1) is 0 Å². The number of nitrogens with zero attached hydrogens (tertiary/aromatic N) is 1. The van der Waals surface area contributed by atoms with Crippen LogP contribution < -0.4 is 20.9 Å². The third-order valence-electron chi connectivity index (χ3n) is 4.71. The topological polar surface area (TPSA) is 73.5 Å². The van der Waals surface area contributed by atoms with Crippen molar-refractivity contribution in [3.63, 3.8) is 0 Å². The Morgan fingerprint density at radius 2 is 1.84 bits per heavy atom. The van der Waals surface area contributed by atoms with Crippen molar-refractivity contribution < 1.29 is 9.59 Å². The summed E-state index contributed by atoms with van der Waals surface area (Å²) in [6.45, 7) is 3.78. The molecular weight excluding hydrogens is 316 g/mol. The number of hydrogen-bond acceptors (Lipinski definition) is 4. The highest BCUT2D eigenvalue weighted by atomic mass is 16.2. The number of hydrogen-bond donors (Lipinski definition) is 3. The van der Waals surface area contributed by atoms with E-state index in [-0.39, 0.29) is 18.0 Å². The van der Waals surface area contributed by atoms with E-state index in [1.165, 1.54) is 0 Å². The molecule has 1 fully saturated rings. The number of piperazine rings is 1. The van der Waals surface area contributed by atoms with Gasteiger partial charge in [-0.25, -0.2) is 0 Å². The molecule has 0 radical (unpaired) electrons. The van der Waals surface area contributed by atoms with Crippen molar-refractivity contribution in [3.8, 4) is 0 Å². The summed E-state index contributed by atoms with van der Waals surface area (Å²) in [6.07, 6.45) is -0.263. The fourth-order valence-electron chi connectivity index (χ4n) is 3.39. The maximum atomic E-state index is 12.4. The molecule has 4 rings (SSSR count). The number of carbonyl (C=O) groups is 2. The zero-order chi connectivity index (χ0) is 17.4. The van der Waals surface area contributed by atoms with Crippen LogP contribution in [0.25, 0.3) is 0 Å². The van der Waals surface area contributed by atoms with Gasteiger partial charge in [0.1, 0.15) is 6.17 Å². The van der Waals surface area contributed by atoms with E-state index in [1.54, 1.807) is 0 Å². The smallest absolute Gasteiger partial charge is 0.255 e. The summed E-state index contributed by atoms with van der Waals surface area (Å²) in [7, 11) is 0. The number of benzene rings is 2. The van der Waals surface area contributed by atoms with Gasteiger partial charge in [0.2, 0.25) is 5.91 Å². The van der Waals surface area contributed by atoms with E-state index in [2.05, 4.69) is 16.0 Å². The first kappa shape index (κ1) is 15.5. The summed E-state index contributed by atoms with van der Waals surface area (Å²) in [4.78, 5) is 26.0. The molecule has 1 saturated heterocycles. The molecule has 1 atom stereocenters. The first-order valence-electron chi connectivity index (χ1n) is 8.40. The van der Waals surface area contributed by atoms with Gasteiger partial charge in [0.25, 0.3) is 5.91 Å². The molecule has 2 heterocycles. The Labute approximate surface area is 146 Å². The highest BCUT2D eigenvalue weighted by Crippen LogP contribution is 2.29. The van der Waals surface area contributed by atoms with Crippen LogP contribution in [0.2, 0.25) is 0 Å². The molecular formula is C19H20N4O2. The summed E-state index contributed by atoms with van der Waals surface area (Å²) in [6, 6.07) is 13.8. The first-order valence-corrected chi connectivity index (χ1v) is 8.40. The van der Waals surface area contributed by atoms with Crippen LogP contribution in [-0.2, 0) is 4.79 Å². The predicted molar refractivity (Wildman–Crippen MR) is 96.7 cm³/mol. The Morgan fingerprint density at radius 3 is 2.60 bits per heavy atom. The quantitative estimate of drug-likeness (QED) is 0.782. The number of fused-ring (bicyclic) bond motifs is 1. The van der Waals surface area contributed by atoms with E-state index >= 15 is 0 Å². The molecule has 2 aliphatic rings. The molecule has 2 aromatic rings. The van der Waals surface area contributed by atoms with E-state index in [0.29, 0.717) is 18.7 Å². The van der Waals surface area contributed by atoms with Crippen molar-refractivity contribution in [3.05, 3.63) is 59.2 Å². The Bertz CT molecular complexity index is 832. The molecule has 0 spiro atoms. The van der Waals surface area contributed by atoms with Gasteiger partial charge in [0.05, 0.1) is 12.1 Å². The second-order valence-corrected chi connectivity index (χ2v) is 6.41. The number of aryl methyl sites for hydroxylation is 1. The molecule has 6 nitrogen and oxygen atoms in total. The number of amides is 2. The lowest BCUT2D eigenvalue weighted by molar-refractivity contribution is -0.120. The van der Waals surface area contributed by atoms with Crippen LogP contribution in [0.1, 0.15) is 27.7 Å². The summed E-state index contributed by atoms with van der Waals surface area (Å²) in [5.41, 5.74) is 4.50. The van der Waals surface area contributed by atoms with E-state index in [9.17, 15) is 9.59 Å². The van der Waals surface area contributed by atoms with Crippen molar-refractivity contribution in [2.75, 3.05) is 29.9 Å². The molecule has 25 heavy (non-hydrogen) atoms. The molecule has 3 N–H and O–H groups in total. The number of rotatable bonds is 2. The van der Waals surface area contributed by atoms with Gasteiger partial charge in [0.15, 0.2) is 0 Å². The van der Waals surface area contributed by atoms with E-state index in [1.807, 2.05) is 54.3 Å². The van der Waals surface area contributed by atoms with Crippen LogP contribution >= 0.6 is 0 Å². The molecule has 128 valence electrons. The summed E-state index contributed by atoms with van der Waals surface area (Å²) < 4.78 is 0. The van der Waals surface area contributed by atoms with E-state index in [4.69, 9.17) is 0 Å². The van der Waals surface area contributed by atoms with Crippen molar-refractivity contribution in [2.45, 2.75) is 13.1 Å². The highest BCUT2D eigenvalue weighted by Gasteiger charge is 2.26. The molecule has 2 aromatic carbocycles. The van der Waals surface area contributed by atoms with E-state index in [0.717, 1.165) is 29.0 Å². The second-order valence-electron chi connectivity index (χ2n) is 6.41. The molecule has 0 saturated carbocycles. The molecule has 2 amide bonds. The van der Waals surface area contributed by atoms with Crippen molar-refractivity contribution in [1.82, 2.24) is 10.6 Å². The van der Waals surface area contributed by atoms with Crippen LogP contribution in [0.5, 0.6) is 0 Å². The van der Waals surface area contributed by atoms with Gasteiger partial charge in [-0.1, -0.05) is 24.3 Å². The highest BCUT2D eigenvalue weighted by molar-refractivity contribution is 6.03. The second kappa shape index (κ2) is 6.12. The van der Waals surface area contributed by atoms with E-state index < -0.39 is 0 Å². The fraction of sp³-hybridized carbons (Fsp3) is 0.263. The Kier molecular flexibility index (Phi) is 3.80. The normalized spacial score (nSPS) is 19.6. The maximum absolute atomic E-state index is 12.4. The zero-order valence-electron chi connectivity index (χ0n) is 14.0. The molecule has 0 aliphatic carbocycles. The van der Waals surface area contributed by atoms with Gasteiger partial charge < -0.3 is 20.9 Å². The van der Waals surface area contributed by atoms with Crippen LogP contribution in [0.15, 0.2) is 42.5 Å². The van der Waals surface area contributed by atoms with Crippen LogP contribution in [0.4, 0.5) is 11.4 Å². The third-order valence-corrected chi connectivity index (χ3v) is 4.71. The summed E-state index contributed by atoms with van der Waals surface area (Å²) in [5, 5.41) is 9.21. The average molecular weight is 336 g/mol. The number of anilines is 2. The zero-order valence-corrected chi connectivity index (χ0v) is 14.0. The summed E-state index contributed by atoms with van der Waals surface area (Å²) in [5.74, 6) is -0.0165. The van der Waals surface area contributed by atoms with Gasteiger partial charge in [-0.3, -0.25) is 9.59 Å².